The Kier molecular flexibility index (Phi) is 5.89. The number of hydrogen-bond acceptors (Lipinski definition) is 3. The summed E-state index contributed by atoms with van der Waals surface area (Å²) in [5, 5.41) is 2.55. The number of aryl methyl sites for hydroxylation is 1. The minimum Gasteiger partial charge on any atom is -0.493 e. The van der Waals surface area contributed by atoms with Gasteiger partial charge in [-0.2, -0.15) is 0 Å². The van der Waals surface area contributed by atoms with Gasteiger partial charge in [0.2, 0.25) is 0 Å². The molecule has 1 heterocycles. The Morgan fingerprint density at radius 1 is 1.04 bits per heavy atom. The number of unbranched alkanes of at least 4 members (excludes halogenated alkanes) is 1. The highest BCUT2D eigenvalue weighted by Crippen LogP contribution is 2.26. The summed E-state index contributed by atoms with van der Waals surface area (Å²) < 4.78 is 11.5. The predicted molar refractivity (Wildman–Crippen MR) is 95.3 cm³/mol. The van der Waals surface area contributed by atoms with E-state index in [4.69, 9.17) is 9.47 Å². The Labute approximate surface area is 139 Å². The smallest absolute Gasteiger partial charge is 0.123 e. The summed E-state index contributed by atoms with van der Waals surface area (Å²) in [5.41, 5.74) is 1.30. The highest BCUT2D eigenvalue weighted by molar-refractivity contribution is 5.85. The third-order valence-corrected chi connectivity index (χ3v) is 4.54. The summed E-state index contributed by atoms with van der Waals surface area (Å²) in [5.74, 6) is 1.05. The second-order valence-electron chi connectivity index (χ2n) is 6.17. The lowest BCUT2D eigenvalue weighted by atomic mass is 10.0. The summed E-state index contributed by atoms with van der Waals surface area (Å²) in [6.07, 6.45) is 3.30. The van der Waals surface area contributed by atoms with Crippen LogP contribution < -0.4 is 4.74 Å². The molecule has 1 aliphatic rings. The number of benzene rings is 2. The molecule has 3 heteroatoms. The minimum atomic E-state index is 0.801. The number of fused-ring (bicyclic) bond motifs is 1. The number of morpholine rings is 1. The van der Waals surface area contributed by atoms with E-state index in [-0.39, 0.29) is 0 Å². The molecular weight excluding hydrogens is 286 g/mol. The van der Waals surface area contributed by atoms with Crippen molar-refractivity contribution in [1.82, 2.24) is 4.90 Å². The van der Waals surface area contributed by atoms with Crippen LogP contribution >= 0.6 is 0 Å². The molecule has 0 aromatic heterocycles. The van der Waals surface area contributed by atoms with Gasteiger partial charge < -0.3 is 9.47 Å². The molecule has 124 valence electrons. The molecule has 23 heavy (non-hydrogen) atoms. The molecule has 3 rings (SSSR count). The van der Waals surface area contributed by atoms with Crippen LogP contribution in [0, 0.1) is 0 Å². The van der Waals surface area contributed by atoms with Crippen LogP contribution in [0.25, 0.3) is 10.8 Å². The third-order valence-electron chi connectivity index (χ3n) is 4.54. The lowest BCUT2D eigenvalue weighted by Crippen LogP contribution is -2.36. The Morgan fingerprint density at radius 2 is 1.78 bits per heavy atom. The van der Waals surface area contributed by atoms with Gasteiger partial charge in [0.25, 0.3) is 0 Å². The first kappa shape index (κ1) is 16.3. The molecule has 0 saturated carbocycles. The van der Waals surface area contributed by atoms with Gasteiger partial charge in [0.05, 0.1) is 19.8 Å². The number of hydrogen-bond donors (Lipinski definition) is 0. The molecule has 0 unspecified atom stereocenters. The van der Waals surface area contributed by atoms with E-state index in [1.54, 1.807) is 0 Å². The summed E-state index contributed by atoms with van der Waals surface area (Å²) in [7, 11) is 0. The van der Waals surface area contributed by atoms with E-state index in [1.165, 1.54) is 22.8 Å². The largest absolute Gasteiger partial charge is 0.493 e. The normalized spacial score (nSPS) is 15.9. The van der Waals surface area contributed by atoms with Gasteiger partial charge >= 0.3 is 0 Å². The summed E-state index contributed by atoms with van der Waals surface area (Å²) >= 11 is 0. The van der Waals surface area contributed by atoms with Crippen LogP contribution in [0.2, 0.25) is 0 Å². The van der Waals surface area contributed by atoms with Gasteiger partial charge in [-0.25, -0.2) is 0 Å². The number of rotatable bonds is 7. The fraction of sp³-hybridized carbons (Fsp3) is 0.500. The number of ether oxygens (including phenoxy) is 2. The lowest BCUT2D eigenvalue weighted by Gasteiger charge is -2.26. The first-order chi connectivity index (χ1) is 11.4. The van der Waals surface area contributed by atoms with E-state index in [9.17, 15) is 0 Å². The average molecular weight is 313 g/mol. The molecule has 1 saturated heterocycles. The van der Waals surface area contributed by atoms with E-state index in [1.807, 2.05) is 0 Å². The first-order valence-corrected chi connectivity index (χ1v) is 8.81. The van der Waals surface area contributed by atoms with Crippen molar-refractivity contribution in [1.29, 1.82) is 0 Å². The van der Waals surface area contributed by atoms with Crippen molar-refractivity contribution in [2.45, 2.75) is 26.2 Å². The SMILES string of the molecule is CCc1cc2ccccc2cc1OCCCCN1CCOCC1. The van der Waals surface area contributed by atoms with E-state index < -0.39 is 0 Å². The Morgan fingerprint density at radius 3 is 2.52 bits per heavy atom. The molecule has 0 aliphatic carbocycles. The topological polar surface area (TPSA) is 21.7 Å². The van der Waals surface area contributed by atoms with Crippen molar-refractivity contribution in [3.63, 3.8) is 0 Å². The predicted octanol–water partition coefficient (Wildman–Crippen LogP) is 3.89. The van der Waals surface area contributed by atoms with E-state index >= 15 is 0 Å². The zero-order valence-corrected chi connectivity index (χ0v) is 14.1. The molecule has 0 spiro atoms. The van der Waals surface area contributed by atoms with E-state index in [0.717, 1.165) is 58.0 Å². The third kappa shape index (κ3) is 4.46. The van der Waals surface area contributed by atoms with Gasteiger partial charge in [-0.3, -0.25) is 4.90 Å². The van der Waals surface area contributed by atoms with Crippen molar-refractivity contribution < 1.29 is 9.47 Å². The highest BCUT2D eigenvalue weighted by atomic mass is 16.5. The van der Waals surface area contributed by atoms with Gasteiger partial charge in [0.15, 0.2) is 0 Å². The second kappa shape index (κ2) is 8.32. The Balaban J connectivity index is 1.50. The number of nitrogens with zero attached hydrogens (tertiary/aromatic N) is 1. The molecule has 0 bridgehead atoms. The van der Waals surface area contributed by atoms with Crippen LogP contribution in [0.4, 0.5) is 0 Å². The monoisotopic (exact) mass is 313 g/mol. The van der Waals surface area contributed by atoms with E-state index in [0.29, 0.717) is 0 Å². The summed E-state index contributed by atoms with van der Waals surface area (Å²) in [6.45, 7) is 8.06. The van der Waals surface area contributed by atoms with Crippen molar-refractivity contribution in [2.24, 2.45) is 0 Å². The standard InChI is InChI=1S/C20H27NO2/c1-2-17-15-18-7-3-4-8-19(18)16-20(17)23-12-6-5-9-21-10-13-22-14-11-21/h3-4,7-8,15-16H,2,5-6,9-14H2,1H3. The quantitative estimate of drug-likeness (QED) is 0.724. The fourth-order valence-corrected chi connectivity index (χ4v) is 3.12. The van der Waals surface area contributed by atoms with Gasteiger partial charge in [-0.15, -0.1) is 0 Å². The van der Waals surface area contributed by atoms with Crippen LogP contribution in [0.3, 0.4) is 0 Å². The molecule has 1 fully saturated rings. The van der Waals surface area contributed by atoms with Crippen LogP contribution in [-0.4, -0.2) is 44.4 Å². The van der Waals surface area contributed by atoms with Crippen molar-refractivity contribution in [3.8, 4) is 5.75 Å². The van der Waals surface area contributed by atoms with Crippen molar-refractivity contribution in [3.05, 3.63) is 42.0 Å². The summed E-state index contributed by atoms with van der Waals surface area (Å²) in [6, 6.07) is 12.9. The maximum atomic E-state index is 6.08. The zero-order valence-electron chi connectivity index (χ0n) is 14.1. The molecular formula is C20H27NO2. The van der Waals surface area contributed by atoms with Crippen LogP contribution in [0.5, 0.6) is 5.75 Å². The van der Waals surface area contributed by atoms with Crippen molar-refractivity contribution >= 4 is 10.8 Å². The van der Waals surface area contributed by atoms with Gasteiger partial charge in [0, 0.05) is 13.1 Å². The zero-order chi connectivity index (χ0) is 15.9. The first-order valence-electron chi connectivity index (χ1n) is 8.81. The minimum absolute atomic E-state index is 0.801. The van der Waals surface area contributed by atoms with Gasteiger partial charge in [0.1, 0.15) is 5.75 Å². The maximum absolute atomic E-state index is 6.08. The summed E-state index contributed by atoms with van der Waals surface area (Å²) in [4.78, 5) is 2.48. The van der Waals surface area contributed by atoms with Gasteiger partial charge in [-0.05, 0) is 54.3 Å². The molecule has 0 amide bonds. The van der Waals surface area contributed by atoms with Crippen LogP contribution in [0.1, 0.15) is 25.3 Å². The van der Waals surface area contributed by atoms with Gasteiger partial charge in [-0.1, -0.05) is 31.2 Å². The average Bonchev–Trinajstić information content (AvgIpc) is 2.61. The molecule has 0 radical (unpaired) electrons. The van der Waals surface area contributed by atoms with Crippen molar-refractivity contribution in [2.75, 3.05) is 39.5 Å². The van der Waals surface area contributed by atoms with Crippen LogP contribution in [0.15, 0.2) is 36.4 Å². The highest BCUT2D eigenvalue weighted by Gasteiger charge is 2.09. The maximum Gasteiger partial charge on any atom is 0.123 e. The Hall–Kier alpha value is -1.58. The van der Waals surface area contributed by atoms with Crippen LogP contribution in [-0.2, 0) is 11.2 Å². The van der Waals surface area contributed by atoms with E-state index in [2.05, 4.69) is 48.2 Å². The Bertz CT molecular complexity index is 620. The second-order valence-corrected chi connectivity index (χ2v) is 6.17. The molecule has 2 aromatic rings. The molecule has 2 aromatic carbocycles. The molecule has 0 N–H and O–H groups in total. The lowest BCUT2D eigenvalue weighted by molar-refractivity contribution is 0.0368. The molecule has 0 atom stereocenters. The fourth-order valence-electron chi connectivity index (χ4n) is 3.12. The molecule has 1 aliphatic heterocycles. The molecule has 3 nitrogen and oxygen atoms in total.